The molecule has 2 atom stereocenters. The van der Waals surface area contributed by atoms with Crippen molar-refractivity contribution >= 4 is 28.4 Å². The third-order valence-corrected chi connectivity index (χ3v) is 7.74. The summed E-state index contributed by atoms with van der Waals surface area (Å²) in [6.07, 6.45) is 1.96. The second-order valence-corrected chi connectivity index (χ2v) is 11.3. The number of nitrogens with one attached hydrogen (secondary N) is 1. The minimum atomic E-state index is -0.900. The van der Waals surface area contributed by atoms with E-state index in [1.165, 1.54) is 5.56 Å². The number of carbonyl (C=O) groups is 1. The van der Waals surface area contributed by atoms with E-state index in [0.717, 1.165) is 49.0 Å². The van der Waals surface area contributed by atoms with Crippen LogP contribution in [0.4, 0.5) is 5.82 Å². The summed E-state index contributed by atoms with van der Waals surface area (Å²) in [6.45, 7) is 10.1. The number of aliphatic hydroxyl groups is 1. The van der Waals surface area contributed by atoms with Crippen LogP contribution >= 0.6 is 11.8 Å². The van der Waals surface area contributed by atoms with E-state index in [1.54, 1.807) is 25.6 Å². The van der Waals surface area contributed by atoms with Gasteiger partial charge >= 0.3 is 0 Å². The number of thioether (sulfide) groups is 1. The number of primary amides is 1. The van der Waals surface area contributed by atoms with Crippen molar-refractivity contribution < 1.29 is 19.4 Å². The summed E-state index contributed by atoms with van der Waals surface area (Å²) in [7, 11) is 0. The van der Waals surface area contributed by atoms with Crippen LogP contribution in [0.1, 0.15) is 37.6 Å². The Labute approximate surface area is 217 Å². The van der Waals surface area contributed by atoms with Crippen LogP contribution in [0.2, 0.25) is 0 Å². The standard InChI is InChI=1S/C27H36N4O4S/c1-26(2,33)18-35-17-21-5-4-6-23(29-21)30-25-27(3,24(28)32)15-22(36-25)20-9-7-19(8-10-20)16-31-11-13-34-14-12-31/h4-10,15,25,33H,11-14,16-18H2,1-3H3,(H2,28,32)(H,29,30). The van der Waals surface area contributed by atoms with Crippen LogP contribution in [0.5, 0.6) is 0 Å². The first kappa shape index (κ1) is 26.6. The lowest BCUT2D eigenvalue weighted by atomic mass is 9.88. The fourth-order valence-corrected chi connectivity index (χ4v) is 5.58. The third-order valence-electron chi connectivity index (χ3n) is 6.29. The Morgan fingerprint density at radius 1 is 1.28 bits per heavy atom. The Balaban J connectivity index is 1.43. The van der Waals surface area contributed by atoms with Crippen LogP contribution in [-0.4, -0.2) is 64.8 Å². The molecule has 36 heavy (non-hydrogen) atoms. The summed E-state index contributed by atoms with van der Waals surface area (Å²) in [5.74, 6) is 0.246. The van der Waals surface area contributed by atoms with Gasteiger partial charge in [0.05, 0.1) is 48.5 Å². The summed E-state index contributed by atoms with van der Waals surface area (Å²) in [6, 6.07) is 14.1. The molecule has 2 aromatic rings. The summed E-state index contributed by atoms with van der Waals surface area (Å²) in [5, 5.41) is 12.9. The SMILES string of the molecule is CC(C)(O)COCc1cccc(NC2SC(c3ccc(CN4CCOCC4)cc3)=CC2(C)C(N)=O)n1. The highest BCUT2D eigenvalue weighted by Crippen LogP contribution is 2.49. The minimum Gasteiger partial charge on any atom is -0.388 e. The van der Waals surface area contributed by atoms with Crippen molar-refractivity contribution in [3.63, 3.8) is 0 Å². The first-order valence-corrected chi connectivity index (χ1v) is 13.1. The maximum Gasteiger partial charge on any atom is 0.230 e. The minimum absolute atomic E-state index is 0.211. The van der Waals surface area contributed by atoms with Crippen molar-refractivity contribution in [2.75, 3.05) is 38.2 Å². The Bertz CT molecular complexity index is 1080. The number of pyridine rings is 1. The predicted molar refractivity (Wildman–Crippen MR) is 143 cm³/mol. The molecule has 1 aromatic heterocycles. The van der Waals surface area contributed by atoms with Gasteiger partial charge in [0.2, 0.25) is 5.91 Å². The molecule has 0 saturated carbocycles. The van der Waals surface area contributed by atoms with Gasteiger partial charge in [-0.1, -0.05) is 48.2 Å². The third kappa shape index (κ3) is 6.86. The molecule has 0 radical (unpaired) electrons. The molecule has 0 bridgehead atoms. The van der Waals surface area contributed by atoms with Crippen LogP contribution in [0.25, 0.3) is 4.91 Å². The molecule has 8 nitrogen and oxygen atoms in total. The Hall–Kier alpha value is -2.43. The highest BCUT2D eigenvalue weighted by Gasteiger charge is 2.44. The number of hydrogen-bond donors (Lipinski definition) is 3. The van der Waals surface area contributed by atoms with Crippen LogP contribution in [0.3, 0.4) is 0 Å². The number of nitrogens with zero attached hydrogens (tertiary/aromatic N) is 2. The van der Waals surface area contributed by atoms with Crippen molar-refractivity contribution in [2.24, 2.45) is 11.1 Å². The van der Waals surface area contributed by atoms with Gasteiger partial charge in [-0.3, -0.25) is 9.69 Å². The molecule has 0 aliphatic carbocycles. The summed E-state index contributed by atoms with van der Waals surface area (Å²) in [4.78, 5) is 20.6. The summed E-state index contributed by atoms with van der Waals surface area (Å²) < 4.78 is 11.0. The molecule has 2 aliphatic heterocycles. The van der Waals surface area contributed by atoms with Crippen molar-refractivity contribution in [2.45, 2.75) is 44.9 Å². The van der Waals surface area contributed by atoms with E-state index in [1.807, 2.05) is 31.2 Å². The molecule has 1 fully saturated rings. The zero-order valence-corrected chi connectivity index (χ0v) is 22.0. The zero-order valence-electron chi connectivity index (χ0n) is 21.2. The monoisotopic (exact) mass is 512 g/mol. The van der Waals surface area contributed by atoms with Gasteiger partial charge in [-0.15, -0.1) is 0 Å². The van der Waals surface area contributed by atoms with Crippen LogP contribution < -0.4 is 11.1 Å². The van der Waals surface area contributed by atoms with Gasteiger partial charge in [-0.25, -0.2) is 4.98 Å². The fraction of sp³-hybridized carbons (Fsp3) is 0.481. The molecule has 1 amide bonds. The van der Waals surface area contributed by atoms with E-state index in [-0.39, 0.29) is 18.6 Å². The number of anilines is 1. The van der Waals surface area contributed by atoms with Crippen molar-refractivity contribution in [3.8, 4) is 0 Å². The zero-order chi connectivity index (χ0) is 25.8. The largest absolute Gasteiger partial charge is 0.388 e. The molecular weight excluding hydrogens is 476 g/mol. The van der Waals surface area contributed by atoms with Crippen LogP contribution in [-0.2, 0) is 27.4 Å². The highest BCUT2D eigenvalue weighted by atomic mass is 32.2. The van der Waals surface area contributed by atoms with Gasteiger partial charge in [0, 0.05) is 24.5 Å². The number of morpholine rings is 1. The number of aromatic nitrogens is 1. The molecule has 0 spiro atoms. The molecule has 4 N–H and O–H groups in total. The number of rotatable bonds is 10. The second-order valence-electron chi connectivity index (χ2n) is 10.2. The van der Waals surface area contributed by atoms with Gasteiger partial charge in [0.15, 0.2) is 0 Å². The Morgan fingerprint density at radius 3 is 2.67 bits per heavy atom. The number of benzene rings is 1. The predicted octanol–water partition coefficient (Wildman–Crippen LogP) is 3.22. The maximum absolute atomic E-state index is 12.5. The first-order chi connectivity index (χ1) is 17.1. The fourth-order valence-electron chi connectivity index (χ4n) is 4.13. The van der Waals surface area contributed by atoms with Gasteiger partial charge in [0.1, 0.15) is 5.82 Å². The molecular formula is C27H36N4O4S. The quantitative estimate of drug-likeness (QED) is 0.445. The normalized spacial score (nSPS) is 22.9. The van der Waals surface area contributed by atoms with Crippen molar-refractivity contribution in [3.05, 3.63) is 65.4 Å². The average Bonchev–Trinajstić information content (AvgIpc) is 3.17. The lowest BCUT2D eigenvalue weighted by Gasteiger charge is -2.27. The summed E-state index contributed by atoms with van der Waals surface area (Å²) in [5.41, 5.74) is 7.12. The van der Waals surface area contributed by atoms with E-state index in [9.17, 15) is 9.90 Å². The van der Waals surface area contributed by atoms with E-state index in [0.29, 0.717) is 5.82 Å². The van der Waals surface area contributed by atoms with E-state index in [2.05, 4.69) is 39.5 Å². The van der Waals surface area contributed by atoms with Crippen LogP contribution in [0, 0.1) is 5.41 Å². The number of hydrogen-bond acceptors (Lipinski definition) is 8. The van der Waals surface area contributed by atoms with E-state index >= 15 is 0 Å². The second kappa shape index (κ2) is 11.3. The maximum atomic E-state index is 12.5. The van der Waals surface area contributed by atoms with Gasteiger partial charge < -0.3 is 25.6 Å². The molecule has 194 valence electrons. The van der Waals surface area contributed by atoms with Crippen molar-refractivity contribution in [1.82, 2.24) is 9.88 Å². The Kier molecular flexibility index (Phi) is 8.37. The number of ether oxygens (including phenoxy) is 2. The molecule has 1 saturated heterocycles. The van der Waals surface area contributed by atoms with Crippen molar-refractivity contribution in [1.29, 1.82) is 0 Å². The van der Waals surface area contributed by atoms with E-state index in [4.69, 9.17) is 15.2 Å². The topological polar surface area (TPSA) is 110 Å². The number of amides is 1. The van der Waals surface area contributed by atoms with Gasteiger partial charge in [-0.2, -0.15) is 0 Å². The van der Waals surface area contributed by atoms with E-state index < -0.39 is 16.9 Å². The highest BCUT2D eigenvalue weighted by molar-refractivity contribution is 8.09. The van der Waals surface area contributed by atoms with Gasteiger partial charge in [-0.05, 0) is 44.0 Å². The average molecular weight is 513 g/mol. The Morgan fingerprint density at radius 2 is 2.00 bits per heavy atom. The molecule has 9 heteroatoms. The van der Waals surface area contributed by atoms with Gasteiger partial charge in [0.25, 0.3) is 0 Å². The molecule has 1 aromatic carbocycles. The molecule has 4 rings (SSSR count). The lowest BCUT2D eigenvalue weighted by Crippen LogP contribution is -2.43. The van der Waals surface area contributed by atoms with Crippen LogP contribution in [0.15, 0.2) is 48.5 Å². The molecule has 2 unspecified atom stereocenters. The smallest absolute Gasteiger partial charge is 0.230 e. The molecule has 3 heterocycles. The lowest BCUT2D eigenvalue weighted by molar-refractivity contribution is -0.124. The number of nitrogens with two attached hydrogens (primary N) is 1. The first-order valence-electron chi connectivity index (χ1n) is 12.2. The number of carbonyl (C=O) groups excluding carboxylic acids is 1. The summed E-state index contributed by atoms with van der Waals surface area (Å²) >= 11 is 1.58. The molecule has 2 aliphatic rings.